The van der Waals surface area contributed by atoms with Crippen LogP contribution in [-0.4, -0.2) is 45.5 Å². The number of rotatable bonds is 5. The summed E-state index contributed by atoms with van der Waals surface area (Å²) in [6.07, 6.45) is 0.914. The summed E-state index contributed by atoms with van der Waals surface area (Å²) >= 11 is 0. The number of sulfone groups is 1. The van der Waals surface area contributed by atoms with Crippen LogP contribution in [0.25, 0.3) is 0 Å². The van der Waals surface area contributed by atoms with Crippen LogP contribution in [0, 0.1) is 0 Å². The third-order valence-electron chi connectivity index (χ3n) is 3.34. The summed E-state index contributed by atoms with van der Waals surface area (Å²) in [6, 6.07) is 5.04. The maximum absolute atomic E-state index is 12.1. The minimum atomic E-state index is -3.73. The summed E-state index contributed by atoms with van der Waals surface area (Å²) < 4.78 is 49.7. The van der Waals surface area contributed by atoms with Gasteiger partial charge in [-0.25, -0.2) is 26.4 Å². The monoisotopic (exact) mass is 347 g/mol. The average molecular weight is 347 g/mol. The van der Waals surface area contributed by atoms with Gasteiger partial charge in [-0.3, -0.25) is 0 Å². The van der Waals surface area contributed by atoms with E-state index >= 15 is 0 Å². The first-order valence-corrected chi connectivity index (χ1v) is 10.2. The molecule has 7 nitrogen and oxygen atoms in total. The highest BCUT2D eigenvalue weighted by atomic mass is 32.2. The van der Waals surface area contributed by atoms with Crippen LogP contribution in [0.3, 0.4) is 0 Å². The molecule has 1 aromatic carbocycles. The number of sulfonamides is 1. The van der Waals surface area contributed by atoms with E-state index in [1.165, 1.54) is 24.3 Å². The molecule has 1 saturated heterocycles. The number of nitrogens with one attached hydrogen (secondary N) is 1. The Morgan fingerprint density at radius 2 is 2.09 bits per heavy atom. The molecule has 2 rings (SSSR count). The molecule has 122 valence electrons. The van der Waals surface area contributed by atoms with Gasteiger partial charge in [0.15, 0.2) is 9.84 Å². The van der Waals surface area contributed by atoms with Crippen molar-refractivity contribution >= 4 is 25.8 Å². The van der Waals surface area contributed by atoms with Gasteiger partial charge in [0.25, 0.3) is 0 Å². The van der Waals surface area contributed by atoms with Crippen molar-refractivity contribution in [3.8, 4) is 0 Å². The second kappa shape index (κ2) is 6.35. The fourth-order valence-electron chi connectivity index (χ4n) is 2.42. The third kappa shape index (κ3) is 4.79. The van der Waals surface area contributed by atoms with Crippen molar-refractivity contribution in [1.82, 2.24) is 4.72 Å². The van der Waals surface area contributed by atoms with Crippen molar-refractivity contribution in [2.45, 2.75) is 24.6 Å². The lowest BCUT2D eigenvalue weighted by Gasteiger charge is -2.22. The maximum Gasteiger partial charge on any atom is 0.335 e. The molecule has 1 aliphatic rings. The van der Waals surface area contributed by atoms with Gasteiger partial charge in [0.2, 0.25) is 10.0 Å². The summed E-state index contributed by atoms with van der Waals surface area (Å²) in [4.78, 5) is 10.9. The molecule has 1 aromatic rings. The zero-order valence-corrected chi connectivity index (χ0v) is 13.4. The Bertz CT molecular complexity index is 769. The van der Waals surface area contributed by atoms with Crippen LogP contribution in [0.2, 0.25) is 0 Å². The molecular formula is C13H17NO6S2. The van der Waals surface area contributed by atoms with Crippen LogP contribution in [0.4, 0.5) is 0 Å². The normalized spacial score (nSPS) is 21.4. The third-order valence-corrected chi connectivity index (χ3v) is 6.57. The minimum Gasteiger partial charge on any atom is -0.478 e. The largest absolute Gasteiger partial charge is 0.478 e. The van der Waals surface area contributed by atoms with Gasteiger partial charge in [-0.2, -0.15) is 0 Å². The molecule has 1 unspecified atom stereocenters. The fraction of sp³-hybridized carbons (Fsp3) is 0.462. The molecule has 1 heterocycles. The molecule has 0 saturated carbocycles. The van der Waals surface area contributed by atoms with E-state index in [9.17, 15) is 21.6 Å². The van der Waals surface area contributed by atoms with E-state index in [0.717, 1.165) is 0 Å². The number of hydrogen-bond donors (Lipinski definition) is 2. The predicted octanol–water partition coefficient (Wildman–Crippen LogP) is 0.381. The Labute approximate surface area is 129 Å². The van der Waals surface area contributed by atoms with Crippen molar-refractivity contribution < 1.29 is 26.7 Å². The summed E-state index contributed by atoms with van der Waals surface area (Å²) in [5.74, 6) is -1.62. The summed E-state index contributed by atoms with van der Waals surface area (Å²) in [7, 11) is -6.93. The molecule has 0 bridgehead atoms. The smallest absolute Gasteiger partial charge is 0.335 e. The van der Waals surface area contributed by atoms with Crippen molar-refractivity contribution in [3.05, 3.63) is 35.4 Å². The van der Waals surface area contributed by atoms with Crippen LogP contribution in [0.1, 0.15) is 28.8 Å². The number of carbonyl (C=O) groups is 1. The molecule has 0 radical (unpaired) electrons. The molecule has 0 aliphatic carbocycles. The first kappa shape index (κ1) is 16.9. The summed E-state index contributed by atoms with van der Waals surface area (Å²) in [5.41, 5.74) is 0.346. The van der Waals surface area contributed by atoms with E-state index in [1.807, 2.05) is 0 Å². The lowest BCUT2D eigenvalue weighted by Crippen LogP contribution is -2.43. The lowest BCUT2D eigenvalue weighted by molar-refractivity contribution is 0.0696. The van der Waals surface area contributed by atoms with Crippen molar-refractivity contribution in [3.63, 3.8) is 0 Å². The van der Waals surface area contributed by atoms with Gasteiger partial charge >= 0.3 is 5.97 Å². The number of carboxylic acid groups (broad SMARTS) is 1. The van der Waals surface area contributed by atoms with Gasteiger partial charge in [-0.05, 0) is 30.5 Å². The topological polar surface area (TPSA) is 118 Å². The Morgan fingerprint density at radius 3 is 2.73 bits per heavy atom. The molecule has 1 atom stereocenters. The molecule has 0 amide bonds. The summed E-state index contributed by atoms with van der Waals surface area (Å²) in [5, 5.41) is 8.89. The molecule has 22 heavy (non-hydrogen) atoms. The Balaban J connectivity index is 2.08. The van der Waals surface area contributed by atoms with Crippen LogP contribution >= 0.6 is 0 Å². The number of carboxylic acids is 1. The first-order chi connectivity index (χ1) is 10.2. The van der Waals surface area contributed by atoms with Crippen LogP contribution in [0.5, 0.6) is 0 Å². The molecule has 9 heteroatoms. The van der Waals surface area contributed by atoms with E-state index in [-0.39, 0.29) is 22.8 Å². The Morgan fingerprint density at radius 1 is 1.36 bits per heavy atom. The SMILES string of the molecule is O=C(O)c1cccc(CS(=O)(=O)NC2CCCS(=O)(=O)C2)c1. The molecule has 1 fully saturated rings. The van der Waals surface area contributed by atoms with Crippen LogP contribution in [-0.2, 0) is 25.6 Å². The molecule has 2 N–H and O–H groups in total. The number of benzene rings is 1. The van der Waals surface area contributed by atoms with Gasteiger partial charge in [0.05, 0.1) is 22.8 Å². The van der Waals surface area contributed by atoms with Gasteiger partial charge in [0, 0.05) is 6.04 Å². The first-order valence-electron chi connectivity index (χ1n) is 6.69. The van der Waals surface area contributed by atoms with Gasteiger partial charge in [-0.15, -0.1) is 0 Å². The number of hydrogen-bond acceptors (Lipinski definition) is 5. The highest BCUT2D eigenvalue weighted by Gasteiger charge is 2.28. The highest BCUT2D eigenvalue weighted by Crippen LogP contribution is 2.15. The van der Waals surface area contributed by atoms with Crippen molar-refractivity contribution in [1.29, 1.82) is 0 Å². The number of aromatic carboxylic acids is 1. The zero-order valence-electron chi connectivity index (χ0n) is 11.7. The van der Waals surface area contributed by atoms with E-state index in [4.69, 9.17) is 5.11 Å². The second-order valence-corrected chi connectivity index (χ2v) is 9.32. The molecular weight excluding hydrogens is 330 g/mol. The zero-order chi connectivity index (χ0) is 16.4. The van der Waals surface area contributed by atoms with Gasteiger partial charge < -0.3 is 5.11 Å². The standard InChI is InChI=1S/C13H17NO6S2/c15-13(16)11-4-1-3-10(7-11)8-22(19,20)14-12-5-2-6-21(17,18)9-12/h1,3-4,7,12,14H,2,5-6,8-9H2,(H,15,16). The predicted molar refractivity (Wildman–Crippen MR) is 80.8 cm³/mol. The molecule has 1 aliphatic heterocycles. The van der Waals surface area contributed by atoms with Crippen LogP contribution in [0.15, 0.2) is 24.3 Å². The Kier molecular flexibility index (Phi) is 4.88. The lowest BCUT2D eigenvalue weighted by atomic mass is 10.1. The molecule has 0 aromatic heterocycles. The highest BCUT2D eigenvalue weighted by molar-refractivity contribution is 7.91. The second-order valence-electron chi connectivity index (χ2n) is 5.34. The van der Waals surface area contributed by atoms with Crippen LogP contribution < -0.4 is 4.72 Å². The van der Waals surface area contributed by atoms with Gasteiger partial charge in [-0.1, -0.05) is 12.1 Å². The van der Waals surface area contributed by atoms with Crippen molar-refractivity contribution in [2.75, 3.05) is 11.5 Å². The average Bonchev–Trinajstić information content (AvgIpc) is 2.36. The van der Waals surface area contributed by atoms with E-state index < -0.39 is 31.9 Å². The summed E-state index contributed by atoms with van der Waals surface area (Å²) in [6.45, 7) is 0. The van der Waals surface area contributed by atoms with E-state index in [1.54, 1.807) is 0 Å². The van der Waals surface area contributed by atoms with E-state index in [2.05, 4.69) is 4.72 Å². The quantitative estimate of drug-likeness (QED) is 0.795. The fourth-order valence-corrected chi connectivity index (χ4v) is 5.58. The van der Waals surface area contributed by atoms with E-state index in [0.29, 0.717) is 18.4 Å². The van der Waals surface area contributed by atoms with Crippen molar-refractivity contribution in [2.24, 2.45) is 0 Å². The van der Waals surface area contributed by atoms with Gasteiger partial charge in [0.1, 0.15) is 0 Å². The molecule has 0 spiro atoms. The maximum atomic E-state index is 12.1. The Hall–Kier alpha value is -1.45. The minimum absolute atomic E-state index is 0.00736.